The fraction of sp³-hybridized carbons (Fsp3) is 0.286. The Hall–Kier alpha value is -2.09. The third-order valence-electron chi connectivity index (χ3n) is 2.92. The molecule has 4 nitrogen and oxygen atoms in total. The average molecular weight is 350 g/mol. The molecule has 1 heterocycles. The number of alkyl halides is 3. The van der Waals surface area contributed by atoms with Gasteiger partial charge in [0.05, 0.1) is 17.9 Å². The lowest BCUT2D eigenvalue weighted by molar-refractivity contribution is -0.137. The van der Waals surface area contributed by atoms with Crippen LogP contribution in [-0.4, -0.2) is 21.9 Å². The maximum atomic E-state index is 13.7. The number of halogens is 5. The first-order chi connectivity index (χ1) is 10.7. The standard InChI is InChI=1S/C14H12ClF4N3O/c15-10-3-1-2-9(13(10)16)8-12(23)20-11-4-6-22(21-11)7-5-14(17,18)19/h1-4,6H,5,7-8H2,(H,20,21,23). The number of benzene rings is 1. The van der Waals surface area contributed by atoms with Crippen molar-refractivity contribution in [3.05, 3.63) is 46.9 Å². The predicted molar refractivity (Wildman–Crippen MR) is 76.6 cm³/mol. The highest BCUT2D eigenvalue weighted by Crippen LogP contribution is 2.21. The van der Waals surface area contributed by atoms with Gasteiger partial charge in [-0.15, -0.1) is 0 Å². The Morgan fingerprint density at radius 2 is 2.04 bits per heavy atom. The van der Waals surface area contributed by atoms with Gasteiger partial charge in [-0.2, -0.15) is 18.3 Å². The van der Waals surface area contributed by atoms with E-state index in [1.54, 1.807) is 0 Å². The quantitative estimate of drug-likeness (QED) is 0.834. The molecule has 9 heteroatoms. The van der Waals surface area contributed by atoms with E-state index < -0.39 is 24.3 Å². The predicted octanol–water partition coefficient (Wildman–Crippen LogP) is 3.81. The van der Waals surface area contributed by atoms with Crippen LogP contribution < -0.4 is 5.32 Å². The second kappa shape index (κ2) is 6.99. The van der Waals surface area contributed by atoms with E-state index in [0.29, 0.717) is 0 Å². The zero-order valence-electron chi connectivity index (χ0n) is 11.7. The molecular weight excluding hydrogens is 338 g/mol. The van der Waals surface area contributed by atoms with Gasteiger partial charge in [-0.3, -0.25) is 9.48 Å². The molecule has 0 aliphatic carbocycles. The number of hydrogen-bond acceptors (Lipinski definition) is 2. The first-order valence-corrected chi connectivity index (χ1v) is 6.95. The molecule has 2 aromatic rings. The molecule has 0 bridgehead atoms. The van der Waals surface area contributed by atoms with E-state index in [0.717, 1.165) is 4.68 Å². The SMILES string of the molecule is O=C(Cc1cccc(Cl)c1F)Nc1ccn(CCC(F)(F)F)n1. The van der Waals surface area contributed by atoms with Crippen LogP contribution in [0.15, 0.2) is 30.5 Å². The van der Waals surface area contributed by atoms with Crippen LogP contribution in [0, 0.1) is 5.82 Å². The Morgan fingerprint density at radius 3 is 2.74 bits per heavy atom. The molecular formula is C14H12ClF4N3O. The lowest BCUT2D eigenvalue weighted by Gasteiger charge is -2.06. The number of nitrogens with one attached hydrogen (secondary N) is 1. The molecule has 0 aliphatic rings. The van der Waals surface area contributed by atoms with Gasteiger partial charge in [0.15, 0.2) is 5.82 Å². The van der Waals surface area contributed by atoms with Gasteiger partial charge in [0.1, 0.15) is 5.82 Å². The van der Waals surface area contributed by atoms with Gasteiger partial charge < -0.3 is 5.32 Å². The fourth-order valence-corrected chi connectivity index (χ4v) is 2.03. The topological polar surface area (TPSA) is 46.9 Å². The smallest absolute Gasteiger partial charge is 0.309 e. The van der Waals surface area contributed by atoms with Crippen LogP contribution in [-0.2, 0) is 17.8 Å². The number of rotatable bonds is 5. The summed E-state index contributed by atoms with van der Waals surface area (Å²) >= 11 is 5.62. The lowest BCUT2D eigenvalue weighted by Crippen LogP contribution is -2.16. The van der Waals surface area contributed by atoms with Crippen LogP contribution in [0.25, 0.3) is 0 Å². The minimum atomic E-state index is -4.28. The number of aryl methyl sites for hydroxylation is 1. The van der Waals surface area contributed by atoms with Crippen molar-refractivity contribution >= 4 is 23.3 Å². The zero-order valence-corrected chi connectivity index (χ0v) is 12.5. The monoisotopic (exact) mass is 349 g/mol. The Labute approximate surface area is 134 Å². The van der Waals surface area contributed by atoms with Crippen molar-refractivity contribution < 1.29 is 22.4 Å². The molecule has 1 aromatic carbocycles. The summed E-state index contributed by atoms with van der Waals surface area (Å²) in [5.41, 5.74) is 0.117. The normalized spacial score (nSPS) is 11.5. The second-order valence-corrected chi connectivity index (χ2v) is 5.17. The van der Waals surface area contributed by atoms with Crippen molar-refractivity contribution in [2.24, 2.45) is 0 Å². The Kier molecular flexibility index (Phi) is 5.25. The van der Waals surface area contributed by atoms with E-state index in [4.69, 9.17) is 11.6 Å². The molecule has 0 saturated heterocycles. The Bertz CT molecular complexity index is 700. The first kappa shape index (κ1) is 17.3. The van der Waals surface area contributed by atoms with Gasteiger partial charge in [-0.05, 0) is 11.6 Å². The van der Waals surface area contributed by atoms with Crippen molar-refractivity contribution in [2.45, 2.75) is 25.6 Å². The van der Waals surface area contributed by atoms with Crippen molar-refractivity contribution in [3.63, 3.8) is 0 Å². The van der Waals surface area contributed by atoms with Gasteiger partial charge in [0, 0.05) is 18.8 Å². The van der Waals surface area contributed by atoms with E-state index in [1.807, 2.05) is 0 Å². The van der Waals surface area contributed by atoms with Gasteiger partial charge >= 0.3 is 6.18 Å². The Balaban J connectivity index is 1.93. The maximum absolute atomic E-state index is 13.7. The van der Waals surface area contributed by atoms with Crippen molar-refractivity contribution in [3.8, 4) is 0 Å². The summed E-state index contributed by atoms with van der Waals surface area (Å²) in [5.74, 6) is -1.13. The van der Waals surface area contributed by atoms with E-state index >= 15 is 0 Å². The minimum absolute atomic E-state index is 0.0910. The highest BCUT2D eigenvalue weighted by Gasteiger charge is 2.26. The highest BCUT2D eigenvalue weighted by molar-refractivity contribution is 6.30. The van der Waals surface area contributed by atoms with Gasteiger partial charge in [-0.1, -0.05) is 23.7 Å². The first-order valence-electron chi connectivity index (χ1n) is 6.57. The largest absolute Gasteiger partial charge is 0.390 e. The third-order valence-corrected chi connectivity index (χ3v) is 3.21. The van der Waals surface area contributed by atoms with Crippen LogP contribution in [0.1, 0.15) is 12.0 Å². The second-order valence-electron chi connectivity index (χ2n) is 4.77. The number of aromatic nitrogens is 2. The van der Waals surface area contributed by atoms with E-state index in [2.05, 4.69) is 10.4 Å². The van der Waals surface area contributed by atoms with E-state index in [1.165, 1.54) is 30.5 Å². The summed E-state index contributed by atoms with van der Waals surface area (Å²) < 4.78 is 51.1. The van der Waals surface area contributed by atoms with Gasteiger partial charge in [-0.25, -0.2) is 4.39 Å². The summed E-state index contributed by atoms with van der Waals surface area (Å²) in [4.78, 5) is 11.8. The third kappa shape index (κ3) is 5.24. The number of amides is 1. The molecule has 2 rings (SSSR count). The van der Waals surface area contributed by atoms with E-state index in [-0.39, 0.29) is 29.4 Å². The number of carbonyl (C=O) groups excluding carboxylic acids is 1. The fourth-order valence-electron chi connectivity index (χ4n) is 1.84. The minimum Gasteiger partial charge on any atom is -0.309 e. The van der Waals surface area contributed by atoms with Gasteiger partial charge in [0.2, 0.25) is 5.91 Å². The molecule has 1 aromatic heterocycles. The molecule has 0 atom stereocenters. The van der Waals surface area contributed by atoms with Crippen LogP contribution in [0.2, 0.25) is 5.02 Å². The molecule has 0 fully saturated rings. The Morgan fingerprint density at radius 1 is 1.30 bits per heavy atom. The molecule has 23 heavy (non-hydrogen) atoms. The average Bonchev–Trinajstić information content (AvgIpc) is 2.88. The molecule has 0 saturated carbocycles. The summed E-state index contributed by atoms with van der Waals surface area (Å²) in [6.07, 6.45) is -4.24. The van der Waals surface area contributed by atoms with E-state index in [9.17, 15) is 22.4 Å². The van der Waals surface area contributed by atoms with Gasteiger partial charge in [0.25, 0.3) is 0 Å². The maximum Gasteiger partial charge on any atom is 0.390 e. The van der Waals surface area contributed by atoms with Crippen molar-refractivity contribution in [1.82, 2.24) is 9.78 Å². The zero-order chi connectivity index (χ0) is 17.0. The van der Waals surface area contributed by atoms with Crippen molar-refractivity contribution in [1.29, 1.82) is 0 Å². The molecule has 124 valence electrons. The summed E-state index contributed by atoms with van der Waals surface area (Å²) in [5, 5.41) is 6.10. The van der Waals surface area contributed by atoms with Crippen LogP contribution in [0.5, 0.6) is 0 Å². The van der Waals surface area contributed by atoms with Crippen LogP contribution in [0.3, 0.4) is 0 Å². The lowest BCUT2D eigenvalue weighted by atomic mass is 10.1. The molecule has 1 N–H and O–H groups in total. The summed E-state index contributed by atoms with van der Waals surface area (Å²) in [6.45, 7) is -0.345. The molecule has 0 radical (unpaired) electrons. The molecule has 0 aliphatic heterocycles. The van der Waals surface area contributed by atoms with Crippen LogP contribution in [0.4, 0.5) is 23.4 Å². The molecule has 0 spiro atoms. The number of nitrogens with zero attached hydrogens (tertiary/aromatic N) is 2. The van der Waals surface area contributed by atoms with Crippen LogP contribution >= 0.6 is 11.6 Å². The number of hydrogen-bond donors (Lipinski definition) is 1. The summed E-state index contributed by atoms with van der Waals surface area (Å²) in [7, 11) is 0. The number of carbonyl (C=O) groups is 1. The van der Waals surface area contributed by atoms with Crippen molar-refractivity contribution in [2.75, 3.05) is 5.32 Å². The highest BCUT2D eigenvalue weighted by atomic mass is 35.5. The molecule has 1 amide bonds. The summed E-state index contributed by atoms with van der Waals surface area (Å²) in [6, 6.07) is 5.66. The number of anilines is 1. The molecule has 0 unspecified atom stereocenters.